The number of β-amino-alcohol motifs (C(OH)–C–C–N with tert-alkyl or cyclic N) is 1. The minimum absolute atomic E-state index is 0.192. The van der Waals surface area contributed by atoms with E-state index >= 15 is 0 Å². The molecule has 4 atom stereocenters. The standard InChI is InChI=1S/C24H46N2O4/c27-18-21-23(29)24(30)22(28)17-25(21)15-9-1-2-10-16-26(19-11-5-3-6-12-19)20-13-7-4-8-14-20/h19-24,27-30H,1-18H2/t21?,22-,23?,24?/m0/s1. The van der Waals surface area contributed by atoms with Crippen LogP contribution in [-0.2, 0) is 0 Å². The van der Waals surface area contributed by atoms with Crippen molar-refractivity contribution in [2.45, 2.75) is 126 Å². The third-order valence-electron chi connectivity index (χ3n) is 7.92. The van der Waals surface area contributed by atoms with E-state index in [-0.39, 0.29) is 6.61 Å². The first kappa shape index (κ1) is 24.4. The van der Waals surface area contributed by atoms with Gasteiger partial charge in [-0.2, -0.15) is 0 Å². The molecule has 0 spiro atoms. The van der Waals surface area contributed by atoms with Crippen LogP contribution < -0.4 is 0 Å². The van der Waals surface area contributed by atoms with Crippen molar-refractivity contribution >= 4 is 0 Å². The van der Waals surface area contributed by atoms with Crippen molar-refractivity contribution in [1.82, 2.24) is 9.80 Å². The van der Waals surface area contributed by atoms with Crippen LogP contribution in [0.3, 0.4) is 0 Å². The summed E-state index contributed by atoms with van der Waals surface area (Å²) in [5, 5.41) is 39.5. The summed E-state index contributed by atoms with van der Waals surface area (Å²) in [6.45, 7) is 2.12. The Labute approximate surface area is 183 Å². The van der Waals surface area contributed by atoms with E-state index in [0.717, 1.165) is 31.5 Å². The molecule has 2 saturated carbocycles. The third kappa shape index (κ3) is 6.63. The molecular formula is C24H46N2O4. The zero-order valence-electron chi connectivity index (χ0n) is 18.9. The van der Waals surface area contributed by atoms with E-state index in [1.54, 1.807) is 0 Å². The van der Waals surface area contributed by atoms with Gasteiger partial charge in [-0.25, -0.2) is 0 Å². The molecule has 3 unspecified atom stereocenters. The summed E-state index contributed by atoms with van der Waals surface area (Å²) in [5.74, 6) is 0. The van der Waals surface area contributed by atoms with E-state index in [4.69, 9.17) is 0 Å². The molecule has 0 aromatic rings. The summed E-state index contributed by atoms with van der Waals surface area (Å²) in [4.78, 5) is 4.83. The fraction of sp³-hybridized carbons (Fsp3) is 1.00. The lowest BCUT2D eigenvalue weighted by molar-refractivity contribution is -0.145. The third-order valence-corrected chi connectivity index (χ3v) is 7.92. The Morgan fingerprint density at radius 1 is 0.700 bits per heavy atom. The molecule has 4 N–H and O–H groups in total. The Kier molecular flexibility index (Phi) is 10.3. The number of nitrogens with zero attached hydrogens (tertiary/aromatic N) is 2. The van der Waals surface area contributed by atoms with Crippen LogP contribution in [0.4, 0.5) is 0 Å². The first-order valence-electron chi connectivity index (χ1n) is 12.8. The van der Waals surface area contributed by atoms with Gasteiger partial charge < -0.3 is 20.4 Å². The minimum Gasteiger partial charge on any atom is -0.395 e. The molecule has 0 amide bonds. The molecule has 3 rings (SSSR count). The molecule has 2 aliphatic carbocycles. The highest BCUT2D eigenvalue weighted by Crippen LogP contribution is 2.30. The van der Waals surface area contributed by atoms with Crippen LogP contribution in [0.5, 0.6) is 0 Å². The van der Waals surface area contributed by atoms with Gasteiger partial charge >= 0.3 is 0 Å². The molecule has 30 heavy (non-hydrogen) atoms. The molecule has 3 aliphatic rings. The topological polar surface area (TPSA) is 87.4 Å². The SMILES string of the molecule is OCC1C(O)C(O)[C@@H](O)CN1CCCCCCN(C1CCCCC1)C1CCCCC1. The summed E-state index contributed by atoms with van der Waals surface area (Å²) in [7, 11) is 0. The van der Waals surface area contributed by atoms with E-state index in [1.807, 2.05) is 4.90 Å². The van der Waals surface area contributed by atoms with Gasteiger partial charge in [0.15, 0.2) is 0 Å². The number of aliphatic hydroxyl groups is 4. The van der Waals surface area contributed by atoms with Crippen molar-refractivity contribution in [2.24, 2.45) is 0 Å². The average Bonchev–Trinajstić information content (AvgIpc) is 2.78. The van der Waals surface area contributed by atoms with Gasteiger partial charge in [0.25, 0.3) is 0 Å². The Balaban J connectivity index is 1.38. The normalized spacial score (nSPS) is 32.7. The van der Waals surface area contributed by atoms with Crippen LogP contribution in [0.15, 0.2) is 0 Å². The average molecular weight is 427 g/mol. The van der Waals surface area contributed by atoms with Gasteiger partial charge in [0.1, 0.15) is 12.2 Å². The molecule has 0 aromatic heterocycles. The maximum Gasteiger partial charge on any atom is 0.109 e. The lowest BCUT2D eigenvalue weighted by Crippen LogP contribution is -2.62. The molecule has 3 fully saturated rings. The van der Waals surface area contributed by atoms with Crippen molar-refractivity contribution in [1.29, 1.82) is 0 Å². The Hall–Kier alpha value is -0.240. The number of rotatable bonds is 10. The van der Waals surface area contributed by atoms with Crippen LogP contribution in [0.1, 0.15) is 89.9 Å². The highest BCUT2D eigenvalue weighted by Gasteiger charge is 2.40. The molecule has 0 aromatic carbocycles. The van der Waals surface area contributed by atoms with Gasteiger partial charge in [0.2, 0.25) is 0 Å². The largest absolute Gasteiger partial charge is 0.395 e. The summed E-state index contributed by atoms with van der Waals surface area (Å²) < 4.78 is 0. The van der Waals surface area contributed by atoms with Crippen LogP contribution in [0.25, 0.3) is 0 Å². The fourth-order valence-electron chi connectivity index (χ4n) is 6.09. The molecule has 1 aliphatic heterocycles. The zero-order valence-corrected chi connectivity index (χ0v) is 18.9. The van der Waals surface area contributed by atoms with Crippen molar-refractivity contribution in [3.8, 4) is 0 Å². The van der Waals surface area contributed by atoms with Crippen molar-refractivity contribution in [3.05, 3.63) is 0 Å². The number of piperidine rings is 1. The molecule has 6 heteroatoms. The predicted molar refractivity (Wildman–Crippen MR) is 119 cm³/mol. The monoisotopic (exact) mass is 426 g/mol. The second-order valence-electron chi connectivity index (χ2n) is 10.0. The lowest BCUT2D eigenvalue weighted by Gasteiger charge is -2.43. The van der Waals surface area contributed by atoms with Crippen LogP contribution >= 0.6 is 0 Å². The number of hydrogen-bond acceptors (Lipinski definition) is 6. The quantitative estimate of drug-likeness (QED) is 0.401. The highest BCUT2D eigenvalue weighted by atomic mass is 16.4. The smallest absolute Gasteiger partial charge is 0.109 e. The van der Waals surface area contributed by atoms with E-state index in [2.05, 4.69) is 4.90 Å². The number of hydrogen-bond donors (Lipinski definition) is 4. The maximum atomic E-state index is 10.1. The predicted octanol–water partition coefficient (Wildman–Crippen LogP) is 2.27. The minimum atomic E-state index is -1.16. The Morgan fingerprint density at radius 3 is 1.83 bits per heavy atom. The summed E-state index contributed by atoms with van der Waals surface area (Å²) >= 11 is 0. The van der Waals surface area contributed by atoms with Gasteiger partial charge in [-0.1, -0.05) is 51.4 Å². The van der Waals surface area contributed by atoms with Crippen LogP contribution in [0, 0.1) is 0 Å². The lowest BCUT2D eigenvalue weighted by atomic mass is 9.88. The summed E-state index contributed by atoms with van der Waals surface area (Å²) in [5.41, 5.74) is 0. The van der Waals surface area contributed by atoms with Crippen molar-refractivity contribution < 1.29 is 20.4 Å². The first-order valence-corrected chi connectivity index (χ1v) is 12.8. The van der Waals surface area contributed by atoms with Gasteiger partial charge in [-0.05, 0) is 51.6 Å². The number of likely N-dealkylation sites (tertiary alicyclic amines) is 1. The van der Waals surface area contributed by atoms with Gasteiger partial charge in [0, 0.05) is 18.6 Å². The first-order chi connectivity index (χ1) is 14.6. The van der Waals surface area contributed by atoms with E-state index < -0.39 is 24.4 Å². The molecule has 1 saturated heterocycles. The van der Waals surface area contributed by atoms with E-state index in [0.29, 0.717) is 6.54 Å². The number of aliphatic hydroxyl groups excluding tert-OH is 4. The van der Waals surface area contributed by atoms with Crippen molar-refractivity contribution in [2.75, 3.05) is 26.2 Å². The van der Waals surface area contributed by atoms with Crippen LogP contribution in [0.2, 0.25) is 0 Å². The van der Waals surface area contributed by atoms with E-state index in [1.165, 1.54) is 83.6 Å². The maximum absolute atomic E-state index is 10.1. The molecule has 176 valence electrons. The van der Waals surface area contributed by atoms with E-state index in [9.17, 15) is 20.4 Å². The Morgan fingerprint density at radius 2 is 1.27 bits per heavy atom. The fourth-order valence-corrected chi connectivity index (χ4v) is 6.09. The molecule has 6 nitrogen and oxygen atoms in total. The summed E-state index contributed by atoms with van der Waals surface area (Å²) in [6, 6.07) is 1.15. The highest BCUT2D eigenvalue weighted by molar-refractivity contribution is 4.94. The van der Waals surface area contributed by atoms with Gasteiger partial charge in [0.05, 0.1) is 18.8 Å². The molecule has 0 bridgehead atoms. The molecular weight excluding hydrogens is 380 g/mol. The van der Waals surface area contributed by atoms with Crippen LogP contribution in [-0.4, -0.2) is 92.9 Å². The van der Waals surface area contributed by atoms with Gasteiger partial charge in [-0.15, -0.1) is 0 Å². The molecule has 0 radical (unpaired) electrons. The Bertz CT molecular complexity index is 450. The number of unbranched alkanes of at least 4 members (excludes halogenated alkanes) is 3. The van der Waals surface area contributed by atoms with Gasteiger partial charge in [-0.3, -0.25) is 9.80 Å². The second kappa shape index (κ2) is 12.7. The second-order valence-corrected chi connectivity index (χ2v) is 10.0. The molecule has 1 heterocycles. The zero-order chi connectivity index (χ0) is 21.3. The van der Waals surface area contributed by atoms with Crippen molar-refractivity contribution in [3.63, 3.8) is 0 Å². The summed E-state index contributed by atoms with van der Waals surface area (Å²) in [6.07, 6.45) is 15.4.